The van der Waals surface area contributed by atoms with Crippen molar-refractivity contribution in [2.24, 2.45) is 22.2 Å². The van der Waals surface area contributed by atoms with E-state index in [9.17, 15) is 9.59 Å². The Kier molecular flexibility index (Phi) is 3.64. The predicted octanol–water partition coefficient (Wildman–Crippen LogP) is -0.456. The zero-order valence-electron chi connectivity index (χ0n) is 11.0. The lowest BCUT2D eigenvalue weighted by molar-refractivity contribution is -0.133. The van der Waals surface area contributed by atoms with Crippen molar-refractivity contribution in [3.05, 3.63) is 0 Å². The summed E-state index contributed by atoms with van der Waals surface area (Å²) in [5, 5.41) is 17.4. The van der Waals surface area contributed by atoms with Gasteiger partial charge in [-0.25, -0.2) is 0 Å². The van der Waals surface area contributed by atoms with Crippen molar-refractivity contribution in [1.82, 2.24) is 10.6 Å². The molecule has 106 valence electrons. The molecule has 1 atom stereocenters. The summed E-state index contributed by atoms with van der Waals surface area (Å²) in [5.74, 6) is 0.153. The van der Waals surface area contributed by atoms with Crippen molar-refractivity contribution in [2.45, 2.75) is 38.6 Å². The Morgan fingerprint density at radius 2 is 2.32 bits per heavy atom. The minimum absolute atomic E-state index is 0.0155. The molecule has 2 rings (SSSR count). The molecule has 0 aromatic rings. The first-order valence-electron chi connectivity index (χ1n) is 6.53. The zero-order valence-corrected chi connectivity index (χ0v) is 11.0. The monoisotopic (exact) mass is 268 g/mol. The van der Waals surface area contributed by atoms with Crippen molar-refractivity contribution in [3.63, 3.8) is 0 Å². The van der Waals surface area contributed by atoms with E-state index in [1.807, 2.05) is 6.92 Å². The van der Waals surface area contributed by atoms with Gasteiger partial charge in [-0.1, -0.05) is 12.1 Å². The third-order valence-electron chi connectivity index (χ3n) is 4.02. The Labute approximate surface area is 111 Å². The molecule has 1 aliphatic carbocycles. The fourth-order valence-electron chi connectivity index (χ4n) is 2.95. The van der Waals surface area contributed by atoms with Crippen molar-refractivity contribution in [3.8, 4) is 0 Å². The molecule has 1 aliphatic heterocycles. The van der Waals surface area contributed by atoms with Gasteiger partial charge in [0, 0.05) is 19.0 Å². The molecule has 1 heterocycles. The van der Waals surface area contributed by atoms with Gasteiger partial charge in [-0.05, 0) is 25.2 Å². The van der Waals surface area contributed by atoms with Crippen molar-refractivity contribution in [1.29, 1.82) is 0 Å². The minimum Gasteiger partial charge on any atom is -0.409 e. The second-order valence-corrected chi connectivity index (χ2v) is 5.59. The van der Waals surface area contributed by atoms with Crippen LogP contribution in [0.5, 0.6) is 0 Å². The summed E-state index contributed by atoms with van der Waals surface area (Å²) in [6, 6.07) is -0.0155. The van der Waals surface area contributed by atoms with Gasteiger partial charge in [-0.15, -0.1) is 0 Å². The molecule has 0 radical (unpaired) electrons. The number of nitrogens with one attached hydrogen (secondary N) is 2. The maximum Gasteiger partial charge on any atom is 0.234 e. The highest BCUT2D eigenvalue weighted by molar-refractivity contribution is 6.07. The summed E-state index contributed by atoms with van der Waals surface area (Å²) >= 11 is 0. The summed E-state index contributed by atoms with van der Waals surface area (Å²) < 4.78 is 0. The van der Waals surface area contributed by atoms with Crippen LogP contribution in [0.3, 0.4) is 0 Å². The Balaban J connectivity index is 1.92. The van der Waals surface area contributed by atoms with Gasteiger partial charge in [-0.3, -0.25) is 9.59 Å². The largest absolute Gasteiger partial charge is 0.409 e. The molecule has 7 heteroatoms. The number of hydrogen-bond donors (Lipinski definition) is 4. The quantitative estimate of drug-likeness (QED) is 0.239. The van der Waals surface area contributed by atoms with Gasteiger partial charge in [0.2, 0.25) is 11.8 Å². The number of rotatable bonds is 4. The number of hydrogen-bond acceptors (Lipinski definition) is 4. The van der Waals surface area contributed by atoms with E-state index in [1.165, 1.54) is 0 Å². The molecule has 1 saturated heterocycles. The number of nitrogens with zero attached hydrogens (tertiary/aromatic N) is 1. The number of amidine groups is 1. The first kappa shape index (κ1) is 13.6. The number of nitrogens with two attached hydrogens (primary N) is 1. The summed E-state index contributed by atoms with van der Waals surface area (Å²) in [5.41, 5.74) is 4.77. The lowest BCUT2D eigenvalue weighted by atomic mass is 9.61. The Bertz CT molecular complexity index is 415. The molecule has 7 nitrogen and oxygen atoms in total. The normalized spacial score (nSPS) is 34.6. The van der Waals surface area contributed by atoms with Crippen LogP contribution in [0.25, 0.3) is 0 Å². The molecular formula is C12H20N4O3. The highest BCUT2D eigenvalue weighted by Crippen LogP contribution is 2.45. The average Bonchev–Trinajstić information content (AvgIpc) is 2.76. The van der Waals surface area contributed by atoms with E-state index in [0.29, 0.717) is 31.7 Å². The van der Waals surface area contributed by atoms with E-state index in [2.05, 4.69) is 15.8 Å². The van der Waals surface area contributed by atoms with Gasteiger partial charge in [0.25, 0.3) is 0 Å². The Morgan fingerprint density at radius 3 is 2.79 bits per heavy atom. The maximum absolute atomic E-state index is 12.2. The summed E-state index contributed by atoms with van der Waals surface area (Å²) in [4.78, 5) is 23.3. The standard InChI is InChI=1S/C12H20N4O3/c1-7-4-12(5-7,10(13)16-19)11(18)14-6-8-2-3-9(17)15-8/h7-8,19H,2-6H2,1H3,(H2,13,16)(H,14,18)(H,15,17). The minimum atomic E-state index is -0.878. The molecule has 5 N–H and O–H groups in total. The second-order valence-electron chi connectivity index (χ2n) is 5.59. The van der Waals surface area contributed by atoms with E-state index in [-0.39, 0.29) is 23.7 Å². The Hall–Kier alpha value is -1.79. The highest BCUT2D eigenvalue weighted by atomic mass is 16.4. The molecule has 2 aliphatic rings. The molecule has 2 fully saturated rings. The van der Waals surface area contributed by atoms with Gasteiger partial charge in [0.05, 0.1) is 0 Å². The molecular weight excluding hydrogens is 248 g/mol. The van der Waals surface area contributed by atoms with Crippen LogP contribution < -0.4 is 16.4 Å². The fraction of sp³-hybridized carbons (Fsp3) is 0.750. The van der Waals surface area contributed by atoms with Crippen LogP contribution in [-0.4, -0.2) is 35.4 Å². The van der Waals surface area contributed by atoms with Crippen LogP contribution in [0.15, 0.2) is 5.16 Å². The van der Waals surface area contributed by atoms with E-state index < -0.39 is 5.41 Å². The van der Waals surface area contributed by atoms with E-state index >= 15 is 0 Å². The van der Waals surface area contributed by atoms with Crippen molar-refractivity contribution < 1.29 is 14.8 Å². The van der Waals surface area contributed by atoms with Gasteiger partial charge in [0.15, 0.2) is 5.84 Å². The van der Waals surface area contributed by atoms with Crippen LogP contribution in [0.2, 0.25) is 0 Å². The van der Waals surface area contributed by atoms with Gasteiger partial charge in [0.1, 0.15) is 5.41 Å². The number of carbonyl (C=O) groups excluding carboxylic acids is 2. The lowest BCUT2D eigenvalue weighted by Gasteiger charge is -2.43. The summed E-state index contributed by atoms with van der Waals surface area (Å²) in [6.07, 6.45) is 2.41. The SMILES string of the molecule is CC1CC(C(=O)NCC2CCC(=O)N2)(C(N)=NO)C1. The van der Waals surface area contributed by atoms with Gasteiger partial charge < -0.3 is 21.6 Å². The predicted molar refractivity (Wildman–Crippen MR) is 68.4 cm³/mol. The van der Waals surface area contributed by atoms with E-state index in [4.69, 9.17) is 10.9 Å². The third-order valence-corrected chi connectivity index (χ3v) is 4.02. The maximum atomic E-state index is 12.2. The first-order chi connectivity index (χ1) is 8.98. The van der Waals surface area contributed by atoms with Crippen LogP contribution in [-0.2, 0) is 9.59 Å². The van der Waals surface area contributed by atoms with Gasteiger partial charge >= 0.3 is 0 Å². The van der Waals surface area contributed by atoms with Crippen LogP contribution in [0.4, 0.5) is 0 Å². The molecule has 2 amide bonds. The average molecular weight is 268 g/mol. The van der Waals surface area contributed by atoms with E-state index in [1.54, 1.807) is 0 Å². The fourth-order valence-corrected chi connectivity index (χ4v) is 2.95. The van der Waals surface area contributed by atoms with Crippen LogP contribution in [0, 0.1) is 11.3 Å². The third kappa shape index (κ3) is 2.50. The molecule has 1 unspecified atom stereocenters. The summed E-state index contributed by atoms with van der Waals surface area (Å²) in [6.45, 7) is 2.41. The van der Waals surface area contributed by atoms with Crippen molar-refractivity contribution >= 4 is 17.6 Å². The zero-order chi connectivity index (χ0) is 14.0. The lowest BCUT2D eigenvalue weighted by Crippen LogP contribution is -2.57. The van der Waals surface area contributed by atoms with E-state index in [0.717, 1.165) is 6.42 Å². The van der Waals surface area contributed by atoms with Crippen molar-refractivity contribution in [2.75, 3.05) is 6.54 Å². The molecule has 0 aromatic heterocycles. The smallest absolute Gasteiger partial charge is 0.234 e. The highest BCUT2D eigenvalue weighted by Gasteiger charge is 2.52. The second kappa shape index (κ2) is 5.07. The molecule has 0 bridgehead atoms. The number of amides is 2. The first-order valence-corrected chi connectivity index (χ1v) is 6.53. The molecule has 1 saturated carbocycles. The topological polar surface area (TPSA) is 117 Å². The number of oxime groups is 1. The molecule has 0 aromatic carbocycles. The molecule has 19 heavy (non-hydrogen) atoms. The van der Waals surface area contributed by atoms with Crippen LogP contribution >= 0.6 is 0 Å². The Morgan fingerprint density at radius 1 is 1.63 bits per heavy atom. The summed E-state index contributed by atoms with van der Waals surface area (Å²) in [7, 11) is 0. The van der Waals surface area contributed by atoms with Crippen LogP contribution in [0.1, 0.15) is 32.6 Å². The molecule has 0 spiro atoms. The number of carbonyl (C=O) groups is 2. The van der Waals surface area contributed by atoms with Gasteiger partial charge in [-0.2, -0.15) is 0 Å².